The molecule has 1 N–H and O–H groups in total. The minimum Gasteiger partial charge on any atom is -0.497 e. The molecule has 0 bridgehead atoms. The number of fused-ring (bicyclic) bond motifs is 1. The normalized spacial score (nSPS) is 20.7. The number of methoxy groups -OCH3 is 2. The van der Waals surface area contributed by atoms with Gasteiger partial charge in [0.1, 0.15) is 11.5 Å². The zero-order chi connectivity index (χ0) is 17.8. The number of benzene rings is 1. The third-order valence-corrected chi connectivity index (χ3v) is 4.89. The maximum Gasteiger partial charge on any atom is 0.344 e. The highest BCUT2D eigenvalue weighted by Gasteiger charge is 2.30. The average Bonchev–Trinajstić information content (AvgIpc) is 2.65. The summed E-state index contributed by atoms with van der Waals surface area (Å²) >= 11 is 0. The Balaban J connectivity index is 1.80. The maximum absolute atomic E-state index is 11.3. The first-order valence-electron chi connectivity index (χ1n) is 8.69. The molecule has 0 saturated carbocycles. The van der Waals surface area contributed by atoms with Crippen LogP contribution in [0.4, 0.5) is 5.69 Å². The third kappa shape index (κ3) is 3.99. The quantitative estimate of drug-likeness (QED) is 0.828. The number of carboxylic acid groups (broad SMARTS) is 1. The lowest BCUT2D eigenvalue weighted by Gasteiger charge is -2.38. The number of nitrogens with zero attached hydrogens (tertiary/aromatic N) is 2. The highest BCUT2D eigenvalue weighted by atomic mass is 16.5. The summed E-state index contributed by atoms with van der Waals surface area (Å²) in [4.78, 5) is 16.0. The Morgan fingerprint density at radius 3 is 2.68 bits per heavy atom. The smallest absolute Gasteiger partial charge is 0.344 e. The van der Waals surface area contributed by atoms with Crippen LogP contribution >= 0.6 is 0 Å². The molecule has 1 aromatic rings. The van der Waals surface area contributed by atoms with Crippen molar-refractivity contribution >= 4 is 11.7 Å². The van der Waals surface area contributed by atoms with Crippen molar-refractivity contribution in [3.8, 4) is 11.5 Å². The molecule has 1 fully saturated rings. The second kappa shape index (κ2) is 7.93. The van der Waals surface area contributed by atoms with E-state index in [0.717, 1.165) is 56.3 Å². The number of hydrogen-bond donors (Lipinski definition) is 1. The van der Waals surface area contributed by atoms with Gasteiger partial charge in [-0.15, -0.1) is 0 Å². The summed E-state index contributed by atoms with van der Waals surface area (Å²) in [5.74, 6) is 0.578. The Labute approximate surface area is 148 Å². The molecule has 0 radical (unpaired) electrons. The van der Waals surface area contributed by atoms with Gasteiger partial charge in [-0.3, -0.25) is 4.90 Å². The molecule has 0 unspecified atom stereocenters. The molecule has 7 nitrogen and oxygen atoms in total. The van der Waals surface area contributed by atoms with Crippen LogP contribution in [0.3, 0.4) is 0 Å². The van der Waals surface area contributed by atoms with E-state index < -0.39 is 12.1 Å². The summed E-state index contributed by atoms with van der Waals surface area (Å²) in [5, 5.41) is 9.30. The molecule has 1 saturated heterocycles. The second-order valence-electron chi connectivity index (χ2n) is 6.44. The van der Waals surface area contributed by atoms with Gasteiger partial charge in [0, 0.05) is 51.5 Å². The molecule has 0 aliphatic carbocycles. The van der Waals surface area contributed by atoms with Crippen molar-refractivity contribution in [1.82, 2.24) is 4.90 Å². The minimum atomic E-state index is -0.906. The lowest BCUT2D eigenvalue weighted by atomic mass is 10.00. The molecule has 2 aliphatic heterocycles. The van der Waals surface area contributed by atoms with Gasteiger partial charge in [0.2, 0.25) is 0 Å². The minimum absolute atomic E-state index is 0.486. The van der Waals surface area contributed by atoms with E-state index in [1.807, 2.05) is 12.1 Å². The molecule has 3 rings (SSSR count). The van der Waals surface area contributed by atoms with Crippen molar-refractivity contribution in [2.24, 2.45) is 0 Å². The van der Waals surface area contributed by atoms with Crippen molar-refractivity contribution < 1.29 is 24.1 Å². The van der Waals surface area contributed by atoms with E-state index in [1.54, 1.807) is 14.2 Å². The first-order chi connectivity index (χ1) is 12.1. The van der Waals surface area contributed by atoms with Crippen molar-refractivity contribution in [3.63, 3.8) is 0 Å². The summed E-state index contributed by atoms with van der Waals surface area (Å²) in [6.07, 6.45) is 0.395. The number of aryl methyl sites for hydroxylation is 1. The molecule has 1 aromatic carbocycles. The van der Waals surface area contributed by atoms with Crippen LogP contribution < -0.4 is 14.4 Å². The van der Waals surface area contributed by atoms with Gasteiger partial charge in [0.05, 0.1) is 19.4 Å². The predicted molar refractivity (Wildman–Crippen MR) is 93.9 cm³/mol. The highest BCUT2D eigenvalue weighted by molar-refractivity contribution is 5.75. The zero-order valence-electron chi connectivity index (χ0n) is 14.9. The maximum atomic E-state index is 11.3. The van der Waals surface area contributed by atoms with Crippen LogP contribution in [0.25, 0.3) is 0 Å². The van der Waals surface area contributed by atoms with Crippen LogP contribution in [-0.2, 0) is 16.0 Å². The molecule has 1 atom stereocenters. The largest absolute Gasteiger partial charge is 0.497 e. The SMILES string of the molecule is COCCN1CCN(c2cc(OC)cc3c2O[C@H](C(=O)O)CC3)CC1. The highest BCUT2D eigenvalue weighted by Crippen LogP contribution is 2.41. The molecule has 7 heteroatoms. The van der Waals surface area contributed by atoms with E-state index in [2.05, 4.69) is 9.80 Å². The number of piperazine rings is 1. The zero-order valence-corrected chi connectivity index (χ0v) is 14.9. The van der Waals surface area contributed by atoms with Gasteiger partial charge in [0.25, 0.3) is 0 Å². The molecule has 138 valence electrons. The van der Waals surface area contributed by atoms with E-state index in [1.165, 1.54) is 0 Å². The Kier molecular flexibility index (Phi) is 5.65. The van der Waals surface area contributed by atoms with Crippen LogP contribution in [0.2, 0.25) is 0 Å². The lowest BCUT2D eigenvalue weighted by Crippen LogP contribution is -2.47. The fraction of sp³-hybridized carbons (Fsp3) is 0.611. The number of aliphatic carboxylic acids is 1. The van der Waals surface area contributed by atoms with Crippen molar-refractivity contribution in [3.05, 3.63) is 17.7 Å². The Bertz CT molecular complexity index is 614. The van der Waals surface area contributed by atoms with Crippen LogP contribution in [0.1, 0.15) is 12.0 Å². The van der Waals surface area contributed by atoms with Crippen molar-refractivity contribution in [2.75, 3.05) is 58.5 Å². The van der Waals surface area contributed by atoms with Gasteiger partial charge in [-0.05, 0) is 18.9 Å². The van der Waals surface area contributed by atoms with Gasteiger partial charge in [0.15, 0.2) is 6.10 Å². The van der Waals surface area contributed by atoms with Crippen LogP contribution in [-0.4, -0.2) is 75.6 Å². The Hall–Kier alpha value is -1.99. The molecular weight excluding hydrogens is 324 g/mol. The first-order valence-corrected chi connectivity index (χ1v) is 8.69. The van der Waals surface area contributed by atoms with Gasteiger partial charge in [-0.1, -0.05) is 0 Å². The lowest BCUT2D eigenvalue weighted by molar-refractivity contribution is -0.145. The van der Waals surface area contributed by atoms with E-state index in [-0.39, 0.29) is 0 Å². The molecule has 0 spiro atoms. The van der Waals surface area contributed by atoms with E-state index >= 15 is 0 Å². The fourth-order valence-electron chi connectivity index (χ4n) is 3.41. The number of ether oxygens (including phenoxy) is 3. The van der Waals surface area contributed by atoms with E-state index in [4.69, 9.17) is 14.2 Å². The predicted octanol–water partition coefficient (Wildman–Crippen LogP) is 1.24. The summed E-state index contributed by atoms with van der Waals surface area (Å²) in [6, 6.07) is 3.90. The fourth-order valence-corrected chi connectivity index (χ4v) is 3.41. The number of carboxylic acids is 1. The van der Waals surface area contributed by atoms with Gasteiger partial charge >= 0.3 is 5.97 Å². The molecule has 0 aromatic heterocycles. The molecule has 0 amide bonds. The molecule has 2 aliphatic rings. The number of carbonyl (C=O) groups is 1. The van der Waals surface area contributed by atoms with Crippen LogP contribution in [0.5, 0.6) is 11.5 Å². The van der Waals surface area contributed by atoms with Crippen LogP contribution in [0, 0.1) is 0 Å². The van der Waals surface area contributed by atoms with Crippen molar-refractivity contribution in [2.45, 2.75) is 18.9 Å². The monoisotopic (exact) mass is 350 g/mol. The summed E-state index contributed by atoms with van der Waals surface area (Å²) in [5.41, 5.74) is 1.96. The third-order valence-electron chi connectivity index (χ3n) is 4.89. The summed E-state index contributed by atoms with van der Waals surface area (Å²) in [6.45, 7) is 5.28. The average molecular weight is 350 g/mol. The van der Waals surface area contributed by atoms with Crippen molar-refractivity contribution in [1.29, 1.82) is 0 Å². The second-order valence-corrected chi connectivity index (χ2v) is 6.44. The summed E-state index contributed by atoms with van der Waals surface area (Å²) in [7, 11) is 3.37. The van der Waals surface area contributed by atoms with E-state index in [0.29, 0.717) is 18.6 Å². The molecular formula is C18H26N2O5. The number of rotatable bonds is 6. The van der Waals surface area contributed by atoms with Crippen LogP contribution in [0.15, 0.2) is 12.1 Å². The molecule has 25 heavy (non-hydrogen) atoms. The van der Waals surface area contributed by atoms with Gasteiger partial charge in [-0.25, -0.2) is 4.79 Å². The van der Waals surface area contributed by atoms with Gasteiger partial charge < -0.3 is 24.2 Å². The standard InChI is InChI=1S/C18H26N2O5/c1-23-10-9-19-5-7-20(8-6-19)15-12-14(24-2)11-13-3-4-16(18(21)22)25-17(13)15/h11-12,16H,3-10H2,1-2H3,(H,21,22)/t16-/m0/s1. The number of anilines is 1. The summed E-state index contributed by atoms with van der Waals surface area (Å²) < 4.78 is 16.4. The van der Waals surface area contributed by atoms with E-state index in [9.17, 15) is 9.90 Å². The Morgan fingerprint density at radius 2 is 2.04 bits per heavy atom. The Morgan fingerprint density at radius 1 is 1.28 bits per heavy atom. The number of hydrogen-bond acceptors (Lipinski definition) is 6. The first kappa shape index (κ1) is 17.8. The molecule has 2 heterocycles. The van der Waals surface area contributed by atoms with Gasteiger partial charge in [-0.2, -0.15) is 0 Å². The topological polar surface area (TPSA) is 71.5 Å².